The molecule has 0 atom stereocenters. The number of benzene rings is 8. The molecular formula is C44H32. The molecular weight excluding hydrogens is 528 g/mol. The quantitative estimate of drug-likeness (QED) is 0.148. The van der Waals surface area contributed by atoms with Crippen LogP contribution in [-0.2, 0) is 0 Å². The van der Waals surface area contributed by atoms with E-state index in [-0.39, 0.29) is 0 Å². The molecule has 0 fully saturated rings. The van der Waals surface area contributed by atoms with Crippen LogP contribution in [0.1, 0.15) is 22.3 Å². The lowest BCUT2D eigenvalue weighted by Crippen LogP contribution is -1.87. The first-order valence-corrected chi connectivity index (χ1v) is 15.3. The molecule has 8 aromatic rings. The van der Waals surface area contributed by atoms with Crippen molar-refractivity contribution in [1.29, 1.82) is 0 Å². The monoisotopic (exact) mass is 560 g/mol. The van der Waals surface area contributed by atoms with Gasteiger partial charge in [-0.3, -0.25) is 0 Å². The van der Waals surface area contributed by atoms with Gasteiger partial charge in [0.05, 0.1) is 0 Å². The molecule has 0 radical (unpaired) electrons. The first kappa shape index (κ1) is 26.2. The van der Waals surface area contributed by atoms with Gasteiger partial charge in [-0.25, -0.2) is 0 Å². The van der Waals surface area contributed by atoms with E-state index in [1.165, 1.54) is 87.6 Å². The molecule has 0 aliphatic carbocycles. The number of hydrogen-bond acceptors (Lipinski definition) is 0. The van der Waals surface area contributed by atoms with Crippen molar-refractivity contribution in [1.82, 2.24) is 0 Å². The molecule has 8 aromatic carbocycles. The van der Waals surface area contributed by atoms with Crippen LogP contribution in [0.4, 0.5) is 0 Å². The van der Waals surface area contributed by atoms with Crippen LogP contribution in [0.3, 0.4) is 0 Å². The Kier molecular flexibility index (Phi) is 6.35. The Morgan fingerprint density at radius 3 is 1.00 bits per heavy atom. The van der Waals surface area contributed by atoms with Crippen LogP contribution in [0.2, 0.25) is 0 Å². The predicted molar refractivity (Wildman–Crippen MR) is 192 cm³/mol. The van der Waals surface area contributed by atoms with E-state index in [4.69, 9.17) is 0 Å². The maximum atomic E-state index is 2.31. The molecule has 208 valence electrons. The number of rotatable bonds is 4. The van der Waals surface area contributed by atoms with E-state index in [0.717, 1.165) is 0 Å². The third-order valence-corrected chi connectivity index (χ3v) is 9.06. The normalized spacial score (nSPS) is 11.8. The minimum Gasteiger partial charge on any atom is -0.0616 e. The lowest BCUT2D eigenvalue weighted by Gasteiger charge is -2.10. The molecule has 8 rings (SSSR count). The number of hydrogen-bond donors (Lipinski definition) is 0. The summed E-state index contributed by atoms with van der Waals surface area (Å²) < 4.78 is 0. The highest BCUT2D eigenvalue weighted by Gasteiger charge is 2.06. The van der Waals surface area contributed by atoms with Gasteiger partial charge in [0.15, 0.2) is 0 Å². The molecule has 0 heteroatoms. The molecule has 0 nitrogen and oxygen atoms in total. The zero-order valence-electron chi connectivity index (χ0n) is 25.0. The zero-order chi connectivity index (χ0) is 29.6. The Balaban J connectivity index is 1.05. The molecule has 0 saturated carbocycles. The second kappa shape index (κ2) is 10.7. The van der Waals surface area contributed by atoms with Crippen LogP contribution in [0, 0.1) is 13.8 Å². The molecule has 0 unspecified atom stereocenters. The van der Waals surface area contributed by atoms with Crippen molar-refractivity contribution < 1.29 is 0 Å². The lowest BCUT2D eigenvalue weighted by molar-refractivity contribution is 1.43. The lowest BCUT2D eigenvalue weighted by atomic mass is 9.95. The summed E-state index contributed by atoms with van der Waals surface area (Å²) in [6, 6.07) is 53.5. The highest BCUT2D eigenvalue weighted by atomic mass is 14.1. The molecule has 0 aliphatic rings. The van der Waals surface area contributed by atoms with E-state index < -0.39 is 0 Å². The Hall–Kier alpha value is -5.46. The number of aryl methyl sites for hydroxylation is 2. The highest BCUT2D eigenvalue weighted by molar-refractivity contribution is 6.01. The van der Waals surface area contributed by atoms with Gasteiger partial charge in [-0.05, 0) is 138 Å². The van der Waals surface area contributed by atoms with Crippen LogP contribution in [-0.4, -0.2) is 0 Å². The molecule has 0 heterocycles. The molecule has 0 N–H and O–H groups in total. The first-order chi connectivity index (χ1) is 21.6. The van der Waals surface area contributed by atoms with Crippen molar-refractivity contribution >= 4 is 55.2 Å². The molecule has 0 amide bonds. The van der Waals surface area contributed by atoms with Crippen molar-refractivity contribution in [3.63, 3.8) is 0 Å². The average molecular weight is 561 g/mol. The smallest absolute Gasteiger partial charge is 0.0171 e. The summed E-state index contributed by atoms with van der Waals surface area (Å²) in [6.07, 6.45) is 4.49. The van der Waals surface area contributed by atoms with Crippen molar-refractivity contribution in [3.8, 4) is 22.3 Å². The molecule has 0 saturated heterocycles. The maximum absolute atomic E-state index is 2.31. The summed E-state index contributed by atoms with van der Waals surface area (Å²) >= 11 is 0. The second-order valence-electron chi connectivity index (χ2n) is 12.0. The molecule has 0 bridgehead atoms. The van der Waals surface area contributed by atoms with E-state index in [1.807, 2.05) is 0 Å². The summed E-state index contributed by atoms with van der Waals surface area (Å²) in [6.45, 7) is 4.41. The molecule has 0 aliphatic heterocycles. The van der Waals surface area contributed by atoms with Crippen LogP contribution in [0.5, 0.6) is 0 Å². The fourth-order valence-electron chi connectivity index (χ4n) is 6.50. The topological polar surface area (TPSA) is 0 Å². The van der Waals surface area contributed by atoms with E-state index >= 15 is 0 Å². The highest BCUT2D eigenvalue weighted by Crippen LogP contribution is 2.31. The van der Waals surface area contributed by atoms with E-state index in [2.05, 4.69) is 172 Å². The summed E-state index contributed by atoms with van der Waals surface area (Å²) in [7, 11) is 0. The Morgan fingerprint density at radius 2 is 0.614 bits per heavy atom. The number of fused-ring (bicyclic) bond motifs is 4. The predicted octanol–water partition coefficient (Wildman–Crippen LogP) is 12.4. The Morgan fingerprint density at radius 1 is 0.295 bits per heavy atom. The van der Waals surface area contributed by atoms with E-state index in [1.54, 1.807) is 0 Å². The van der Waals surface area contributed by atoms with Gasteiger partial charge >= 0.3 is 0 Å². The second-order valence-corrected chi connectivity index (χ2v) is 12.0. The van der Waals surface area contributed by atoms with Gasteiger partial charge in [0.25, 0.3) is 0 Å². The minimum atomic E-state index is 1.24. The van der Waals surface area contributed by atoms with Crippen LogP contribution < -0.4 is 0 Å². The van der Waals surface area contributed by atoms with E-state index in [0.29, 0.717) is 0 Å². The Labute approximate surface area is 258 Å². The van der Waals surface area contributed by atoms with Crippen molar-refractivity contribution in [3.05, 3.63) is 168 Å². The van der Waals surface area contributed by atoms with Gasteiger partial charge in [-0.15, -0.1) is 0 Å². The van der Waals surface area contributed by atoms with Crippen molar-refractivity contribution in [2.45, 2.75) is 13.8 Å². The fraction of sp³-hybridized carbons (Fsp3) is 0.0455. The van der Waals surface area contributed by atoms with Crippen molar-refractivity contribution in [2.24, 2.45) is 0 Å². The summed E-state index contributed by atoms with van der Waals surface area (Å²) in [5.41, 5.74) is 10.0. The third kappa shape index (κ3) is 4.85. The minimum absolute atomic E-state index is 1.24. The summed E-state index contributed by atoms with van der Waals surface area (Å²) in [5, 5.41) is 10.2. The fourth-order valence-corrected chi connectivity index (χ4v) is 6.50. The average Bonchev–Trinajstić information content (AvgIpc) is 3.05. The van der Waals surface area contributed by atoms with Crippen LogP contribution in [0.15, 0.2) is 146 Å². The van der Waals surface area contributed by atoms with Crippen LogP contribution in [0.25, 0.3) is 77.5 Å². The van der Waals surface area contributed by atoms with Gasteiger partial charge in [-0.1, -0.05) is 121 Å². The Bertz CT molecular complexity index is 2230. The van der Waals surface area contributed by atoms with Gasteiger partial charge < -0.3 is 0 Å². The molecule has 44 heavy (non-hydrogen) atoms. The van der Waals surface area contributed by atoms with Gasteiger partial charge in [-0.2, -0.15) is 0 Å². The van der Waals surface area contributed by atoms with E-state index in [9.17, 15) is 0 Å². The van der Waals surface area contributed by atoms with Crippen LogP contribution >= 0.6 is 0 Å². The summed E-state index contributed by atoms with van der Waals surface area (Å²) in [5.74, 6) is 0. The SMILES string of the molecule is Cc1cc(-c2ccc3cc4ccccc4cc3c2)ccc1/C=C/c1ccc(-c2ccc3cc4ccccc4cc3c2)cc1C. The zero-order valence-corrected chi connectivity index (χ0v) is 25.0. The third-order valence-electron chi connectivity index (χ3n) is 9.06. The van der Waals surface area contributed by atoms with Gasteiger partial charge in [0.2, 0.25) is 0 Å². The largest absolute Gasteiger partial charge is 0.0616 e. The molecule has 0 spiro atoms. The molecule has 0 aromatic heterocycles. The van der Waals surface area contributed by atoms with Crippen molar-refractivity contribution in [2.75, 3.05) is 0 Å². The van der Waals surface area contributed by atoms with Gasteiger partial charge in [0, 0.05) is 0 Å². The maximum Gasteiger partial charge on any atom is -0.0171 e. The van der Waals surface area contributed by atoms with Gasteiger partial charge in [0.1, 0.15) is 0 Å². The first-order valence-electron chi connectivity index (χ1n) is 15.3. The summed E-state index contributed by atoms with van der Waals surface area (Å²) in [4.78, 5) is 0. The standard InChI is InChI=1S/C44H32/c1-29-21-37(39-17-19-41-23-33-7-3-5-9-35(33)25-43(41)27-39)15-13-31(29)11-12-32-14-16-38(22-30(32)2)40-18-20-42-24-34-8-4-6-10-36(34)26-44(42)28-40/h3-28H,1-2H3/b12-11+.